The lowest BCUT2D eigenvalue weighted by molar-refractivity contribution is 0.345. The van der Waals surface area contributed by atoms with Crippen molar-refractivity contribution in [2.24, 2.45) is 5.73 Å². The number of hydrogen-bond donors (Lipinski definition) is 6. The van der Waals surface area contributed by atoms with Gasteiger partial charge in [-0.15, -0.1) is 0 Å². The third-order valence-corrected chi connectivity index (χ3v) is 1.93. The summed E-state index contributed by atoms with van der Waals surface area (Å²) in [6.07, 6.45) is 0.194. The van der Waals surface area contributed by atoms with E-state index < -0.39 is 23.0 Å². The average molecular weight is 200 g/mol. The molecule has 6 nitrogen and oxygen atoms in total. The number of phenols is 4. The molecule has 0 aliphatic carbocycles. The molecule has 0 saturated heterocycles. The van der Waals surface area contributed by atoms with Crippen molar-refractivity contribution in [1.82, 2.24) is 0 Å². The van der Waals surface area contributed by atoms with E-state index in [1.54, 1.807) is 0 Å². The summed E-state index contributed by atoms with van der Waals surface area (Å²) in [7, 11) is 0. The monoisotopic (exact) mass is 200 g/mol. The maximum atomic E-state index is 9.36. The zero-order valence-electron chi connectivity index (χ0n) is 7.36. The predicted octanol–water partition coefficient (Wildman–Crippen LogP) is -0.408. The van der Waals surface area contributed by atoms with Crippen molar-refractivity contribution >= 4 is 5.69 Å². The molecular weight excluding hydrogens is 188 g/mol. The van der Waals surface area contributed by atoms with E-state index in [1.807, 2.05) is 0 Å². The van der Waals surface area contributed by atoms with Crippen molar-refractivity contribution in [3.05, 3.63) is 5.56 Å². The molecule has 78 valence electrons. The molecule has 0 atom stereocenters. The minimum absolute atomic E-state index is 0.125. The van der Waals surface area contributed by atoms with Gasteiger partial charge in [-0.25, -0.2) is 0 Å². The van der Waals surface area contributed by atoms with Crippen LogP contribution in [0.25, 0.3) is 0 Å². The highest BCUT2D eigenvalue weighted by Crippen LogP contribution is 2.48. The quantitative estimate of drug-likeness (QED) is 0.218. The number of nitrogens with two attached hydrogens (primary N) is 2. The van der Waals surface area contributed by atoms with Crippen LogP contribution < -0.4 is 11.5 Å². The van der Waals surface area contributed by atoms with Crippen LogP contribution in [0.2, 0.25) is 0 Å². The molecule has 0 fully saturated rings. The summed E-state index contributed by atoms with van der Waals surface area (Å²) in [5.41, 5.74) is 10.6. The first-order valence-electron chi connectivity index (χ1n) is 3.94. The minimum atomic E-state index is -0.833. The fourth-order valence-corrected chi connectivity index (χ4v) is 1.16. The average Bonchev–Trinajstić information content (AvgIpc) is 2.19. The van der Waals surface area contributed by atoms with E-state index in [1.165, 1.54) is 0 Å². The topological polar surface area (TPSA) is 133 Å². The number of nitrogen functional groups attached to an aromatic ring is 1. The van der Waals surface area contributed by atoms with Gasteiger partial charge >= 0.3 is 0 Å². The number of benzene rings is 1. The highest BCUT2D eigenvalue weighted by atomic mass is 16.3. The van der Waals surface area contributed by atoms with E-state index >= 15 is 0 Å². The first-order chi connectivity index (χ1) is 6.50. The van der Waals surface area contributed by atoms with Crippen molar-refractivity contribution in [3.63, 3.8) is 0 Å². The summed E-state index contributed by atoms with van der Waals surface area (Å²) in [6, 6.07) is 0. The van der Waals surface area contributed by atoms with E-state index in [0.29, 0.717) is 0 Å². The second kappa shape index (κ2) is 3.51. The summed E-state index contributed by atoms with van der Waals surface area (Å²) in [4.78, 5) is 0. The molecule has 0 amide bonds. The SMILES string of the molecule is NCCc1c(N)c(O)c(O)c(O)c1O. The highest BCUT2D eigenvalue weighted by Gasteiger charge is 2.20. The molecule has 0 radical (unpaired) electrons. The van der Waals surface area contributed by atoms with E-state index in [2.05, 4.69) is 0 Å². The summed E-state index contributed by atoms with van der Waals surface area (Å²) in [5, 5.41) is 36.8. The van der Waals surface area contributed by atoms with Gasteiger partial charge in [0.2, 0.25) is 11.5 Å². The van der Waals surface area contributed by atoms with Crippen LogP contribution in [0.4, 0.5) is 5.69 Å². The van der Waals surface area contributed by atoms with Gasteiger partial charge in [0.25, 0.3) is 0 Å². The zero-order valence-corrected chi connectivity index (χ0v) is 7.36. The van der Waals surface area contributed by atoms with Crippen LogP contribution in [0.1, 0.15) is 5.56 Å². The molecule has 0 aliphatic rings. The van der Waals surface area contributed by atoms with E-state index in [0.717, 1.165) is 0 Å². The Labute approximate surface area is 80.0 Å². The predicted molar refractivity (Wildman–Crippen MR) is 50.3 cm³/mol. The van der Waals surface area contributed by atoms with Gasteiger partial charge in [-0.1, -0.05) is 0 Å². The molecule has 6 heteroatoms. The Balaban J connectivity index is 3.43. The number of hydrogen-bond acceptors (Lipinski definition) is 6. The van der Waals surface area contributed by atoms with E-state index in [9.17, 15) is 10.2 Å². The van der Waals surface area contributed by atoms with Crippen molar-refractivity contribution in [2.75, 3.05) is 12.3 Å². The number of phenolic OH excluding ortho intramolecular Hbond substituents is 4. The summed E-state index contributed by atoms with van der Waals surface area (Å²) in [6.45, 7) is 0.196. The van der Waals surface area contributed by atoms with Crippen LogP contribution in [0.3, 0.4) is 0 Å². The molecule has 8 N–H and O–H groups in total. The lowest BCUT2D eigenvalue weighted by atomic mass is 10.1. The number of anilines is 1. The van der Waals surface area contributed by atoms with Gasteiger partial charge < -0.3 is 31.9 Å². The van der Waals surface area contributed by atoms with Crippen LogP contribution in [0.15, 0.2) is 0 Å². The molecule has 1 aromatic rings. The minimum Gasteiger partial charge on any atom is -0.504 e. The highest BCUT2D eigenvalue weighted by molar-refractivity contribution is 5.74. The Kier molecular flexibility index (Phi) is 2.57. The Morgan fingerprint density at radius 3 is 1.86 bits per heavy atom. The third-order valence-electron chi connectivity index (χ3n) is 1.93. The lowest BCUT2D eigenvalue weighted by Gasteiger charge is -2.12. The normalized spacial score (nSPS) is 10.4. The van der Waals surface area contributed by atoms with Gasteiger partial charge in [0, 0.05) is 5.56 Å². The molecule has 0 spiro atoms. The van der Waals surface area contributed by atoms with Crippen LogP contribution in [-0.4, -0.2) is 27.0 Å². The molecule has 1 rings (SSSR count). The summed E-state index contributed by atoms with van der Waals surface area (Å²) >= 11 is 0. The molecule has 0 aromatic heterocycles. The van der Waals surface area contributed by atoms with Gasteiger partial charge in [-0.2, -0.15) is 0 Å². The molecule has 0 unspecified atom stereocenters. The molecule has 0 aliphatic heterocycles. The van der Waals surface area contributed by atoms with Crippen molar-refractivity contribution in [1.29, 1.82) is 0 Å². The molecule has 1 aromatic carbocycles. The van der Waals surface area contributed by atoms with E-state index in [-0.39, 0.29) is 24.2 Å². The zero-order chi connectivity index (χ0) is 10.9. The van der Waals surface area contributed by atoms with Gasteiger partial charge in [-0.05, 0) is 13.0 Å². The molecule has 0 bridgehead atoms. The van der Waals surface area contributed by atoms with Gasteiger partial charge in [0.1, 0.15) is 0 Å². The standard InChI is InChI=1S/C8H12N2O4/c9-2-1-3-4(10)6(12)8(14)7(13)5(3)11/h11-14H,1-2,9-10H2. The van der Waals surface area contributed by atoms with Gasteiger partial charge in [0.15, 0.2) is 11.5 Å². The largest absolute Gasteiger partial charge is 0.504 e. The molecule has 14 heavy (non-hydrogen) atoms. The van der Waals surface area contributed by atoms with Crippen molar-refractivity contribution in [3.8, 4) is 23.0 Å². The van der Waals surface area contributed by atoms with Crippen molar-refractivity contribution in [2.45, 2.75) is 6.42 Å². The number of rotatable bonds is 2. The second-order valence-electron chi connectivity index (χ2n) is 2.83. The van der Waals surface area contributed by atoms with Gasteiger partial charge in [0.05, 0.1) is 5.69 Å². The fraction of sp³-hybridized carbons (Fsp3) is 0.250. The maximum Gasteiger partial charge on any atom is 0.206 e. The van der Waals surface area contributed by atoms with Crippen LogP contribution in [0.5, 0.6) is 23.0 Å². The van der Waals surface area contributed by atoms with Crippen LogP contribution in [-0.2, 0) is 6.42 Å². The molecular formula is C8H12N2O4. The van der Waals surface area contributed by atoms with Gasteiger partial charge in [-0.3, -0.25) is 0 Å². The first kappa shape index (κ1) is 10.3. The van der Waals surface area contributed by atoms with Crippen LogP contribution in [0, 0.1) is 0 Å². The molecule has 0 heterocycles. The summed E-state index contributed by atoms with van der Waals surface area (Å²) in [5.74, 6) is -2.83. The van der Waals surface area contributed by atoms with Crippen molar-refractivity contribution < 1.29 is 20.4 Å². The Morgan fingerprint density at radius 2 is 1.36 bits per heavy atom. The Morgan fingerprint density at radius 1 is 0.857 bits per heavy atom. The lowest BCUT2D eigenvalue weighted by Crippen LogP contribution is -2.06. The smallest absolute Gasteiger partial charge is 0.206 e. The Hall–Kier alpha value is -1.82. The third kappa shape index (κ3) is 1.35. The number of aromatic hydroxyl groups is 4. The van der Waals surface area contributed by atoms with E-state index in [4.69, 9.17) is 21.7 Å². The van der Waals surface area contributed by atoms with Crippen LogP contribution >= 0.6 is 0 Å². The second-order valence-corrected chi connectivity index (χ2v) is 2.83. The fourth-order valence-electron chi connectivity index (χ4n) is 1.16. The summed E-state index contributed by atoms with van der Waals surface area (Å²) < 4.78 is 0. The maximum absolute atomic E-state index is 9.36. The first-order valence-corrected chi connectivity index (χ1v) is 3.94. The Bertz CT molecular complexity index is 336. The molecule has 0 saturated carbocycles.